The van der Waals surface area contributed by atoms with Crippen LogP contribution >= 0.6 is 0 Å². The summed E-state index contributed by atoms with van der Waals surface area (Å²) in [6, 6.07) is 19.2. The fraction of sp³-hybridized carbons (Fsp3) is 0.304. The number of rotatable bonds is 10. The number of nitrogens with one attached hydrogen (secondary N) is 1. The highest BCUT2D eigenvalue weighted by atomic mass is 16.5. The van der Waals surface area contributed by atoms with Crippen LogP contribution in [0.15, 0.2) is 72.8 Å². The molecule has 1 unspecified atom stereocenters. The van der Waals surface area contributed by atoms with E-state index in [1.807, 2.05) is 60.7 Å². The van der Waals surface area contributed by atoms with E-state index in [1.165, 1.54) is 0 Å². The Kier molecular flexibility index (Phi) is 8.79. The molecule has 5 nitrogen and oxygen atoms in total. The summed E-state index contributed by atoms with van der Waals surface area (Å²) < 4.78 is 10.3. The van der Waals surface area contributed by atoms with E-state index in [9.17, 15) is 9.59 Å². The summed E-state index contributed by atoms with van der Waals surface area (Å²) >= 11 is 0. The Hall–Kier alpha value is -3.08. The van der Waals surface area contributed by atoms with Gasteiger partial charge in [-0.15, -0.1) is 0 Å². The number of ether oxygens (including phenoxy) is 2. The van der Waals surface area contributed by atoms with Gasteiger partial charge >= 0.3 is 12.1 Å². The molecule has 5 heteroatoms. The molecule has 0 aliphatic rings. The summed E-state index contributed by atoms with van der Waals surface area (Å²) in [4.78, 5) is 24.1. The second-order valence-electron chi connectivity index (χ2n) is 6.46. The van der Waals surface area contributed by atoms with Gasteiger partial charge in [0.05, 0.1) is 6.61 Å². The summed E-state index contributed by atoms with van der Waals surface area (Å²) in [6.45, 7) is 6.03. The first-order valence-electron chi connectivity index (χ1n) is 9.44. The fourth-order valence-electron chi connectivity index (χ4n) is 2.76. The molecule has 1 atom stereocenters. The third kappa shape index (κ3) is 7.66. The van der Waals surface area contributed by atoms with Gasteiger partial charge in [0.25, 0.3) is 0 Å². The maximum absolute atomic E-state index is 12.2. The average Bonchev–Trinajstić information content (AvgIpc) is 2.72. The zero-order valence-electron chi connectivity index (χ0n) is 16.2. The first-order valence-corrected chi connectivity index (χ1v) is 9.44. The number of hydrogen-bond donors (Lipinski definition) is 1. The molecular weight excluding hydrogens is 354 g/mol. The second kappa shape index (κ2) is 11.6. The summed E-state index contributed by atoms with van der Waals surface area (Å²) in [7, 11) is 0. The van der Waals surface area contributed by atoms with E-state index >= 15 is 0 Å². The van der Waals surface area contributed by atoms with Crippen LogP contribution in [0, 0.1) is 0 Å². The Labute approximate surface area is 166 Å². The van der Waals surface area contributed by atoms with Gasteiger partial charge < -0.3 is 14.8 Å². The lowest BCUT2D eigenvalue weighted by Crippen LogP contribution is -2.36. The van der Waals surface area contributed by atoms with Crippen LogP contribution in [0.25, 0.3) is 0 Å². The van der Waals surface area contributed by atoms with Crippen molar-refractivity contribution in [2.24, 2.45) is 0 Å². The second-order valence-corrected chi connectivity index (χ2v) is 6.46. The quantitative estimate of drug-likeness (QED) is 0.489. The minimum absolute atomic E-state index is 0.191. The molecule has 1 N–H and O–H groups in total. The van der Waals surface area contributed by atoms with Gasteiger partial charge in [0.15, 0.2) is 0 Å². The highest BCUT2D eigenvalue weighted by Crippen LogP contribution is 2.13. The van der Waals surface area contributed by atoms with E-state index < -0.39 is 12.1 Å². The van der Waals surface area contributed by atoms with E-state index in [-0.39, 0.29) is 12.6 Å². The molecule has 0 heterocycles. The number of benzene rings is 2. The third-order valence-corrected chi connectivity index (χ3v) is 4.22. The molecule has 28 heavy (non-hydrogen) atoms. The molecule has 0 saturated carbocycles. The predicted octanol–water partition coefficient (Wildman–Crippen LogP) is 4.42. The van der Waals surface area contributed by atoms with Gasteiger partial charge in [-0.05, 0) is 37.3 Å². The van der Waals surface area contributed by atoms with E-state index in [1.54, 1.807) is 6.92 Å². The van der Waals surface area contributed by atoms with Gasteiger partial charge in [0.1, 0.15) is 6.61 Å². The van der Waals surface area contributed by atoms with Crippen LogP contribution < -0.4 is 5.32 Å². The molecule has 2 aromatic rings. The van der Waals surface area contributed by atoms with E-state index in [0.717, 1.165) is 17.5 Å². The Morgan fingerprint density at radius 3 is 2.18 bits per heavy atom. The zero-order valence-corrected chi connectivity index (χ0v) is 16.2. The SMILES string of the molecule is C=C(CC(CCc1ccccc1)NC(=O)OCc1ccccc1)C(=O)OCC. The molecule has 0 radical (unpaired) electrons. The maximum Gasteiger partial charge on any atom is 0.407 e. The smallest absolute Gasteiger partial charge is 0.407 e. The van der Waals surface area contributed by atoms with Crippen LogP contribution in [0.5, 0.6) is 0 Å². The van der Waals surface area contributed by atoms with Crippen LogP contribution in [0.1, 0.15) is 30.9 Å². The van der Waals surface area contributed by atoms with Gasteiger partial charge in [0.2, 0.25) is 0 Å². The molecule has 0 bridgehead atoms. The van der Waals surface area contributed by atoms with Crippen molar-refractivity contribution >= 4 is 12.1 Å². The minimum atomic E-state index is -0.515. The molecule has 0 aromatic heterocycles. The average molecular weight is 381 g/mol. The highest BCUT2D eigenvalue weighted by Gasteiger charge is 2.18. The van der Waals surface area contributed by atoms with Crippen molar-refractivity contribution in [2.75, 3.05) is 6.61 Å². The lowest BCUT2D eigenvalue weighted by atomic mass is 10.00. The Morgan fingerprint density at radius 1 is 0.964 bits per heavy atom. The number of carbonyl (C=O) groups is 2. The van der Waals surface area contributed by atoms with Gasteiger partial charge in [-0.25, -0.2) is 9.59 Å². The number of amides is 1. The topological polar surface area (TPSA) is 64.6 Å². The van der Waals surface area contributed by atoms with Crippen LogP contribution in [0.4, 0.5) is 4.79 Å². The van der Waals surface area contributed by atoms with Gasteiger partial charge in [-0.3, -0.25) is 0 Å². The lowest BCUT2D eigenvalue weighted by molar-refractivity contribution is -0.138. The summed E-state index contributed by atoms with van der Waals surface area (Å²) in [5, 5.41) is 2.86. The van der Waals surface area contributed by atoms with Crippen LogP contribution in [0.3, 0.4) is 0 Å². The van der Waals surface area contributed by atoms with Crippen molar-refractivity contribution < 1.29 is 19.1 Å². The molecule has 1 amide bonds. The predicted molar refractivity (Wildman–Crippen MR) is 109 cm³/mol. The van der Waals surface area contributed by atoms with Crippen molar-refractivity contribution in [1.29, 1.82) is 0 Å². The molecule has 0 fully saturated rings. The van der Waals surface area contributed by atoms with Gasteiger partial charge in [-0.2, -0.15) is 0 Å². The summed E-state index contributed by atoms with van der Waals surface area (Å²) in [5.74, 6) is -0.438. The van der Waals surface area contributed by atoms with Crippen LogP contribution in [-0.4, -0.2) is 24.7 Å². The first kappa shape index (κ1) is 21.2. The van der Waals surface area contributed by atoms with E-state index in [4.69, 9.17) is 9.47 Å². The van der Waals surface area contributed by atoms with Crippen molar-refractivity contribution in [3.63, 3.8) is 0 Å². The largest absolute Gasteiger partial charge is 0.463 e. The standard InChI is InChI=1S/C23H27NO4/c1-3-27-22(25)18(2)16-21(15-14-19-10-6-4-7-11-19)24-23(26)28-17-20-12-8-5-9-13-20/h4-13,21H,2-3,14-17H2,1H3,(H,24,26). The van der Waals surface area contributed by atoms with Gasteiger partial charge in [-0.1, -0.05) is 67.2 Å². The summed E-state index contributed by atoms with van der Waals surface area (Å²) in [6.07, 6.45) is 1.22. The Morgan fingerprint density at radius 2 is 1.57 bits per heavy atom. The number of hydrogen-bond acceptors (Lipinski definition) is 4. The number of carbonyl (C=O) groups excluding carboxylic acids is 2. The lowest BCUT2D eigenvalue weighted by Gasteiger charge is -2.19. The molecule has 0 spiro atoms. The number of alkyl carbamates (subject to hydrolysis) is 1. The third-order valence-electron chi connectivity index (χ3n) is 4.22. The maximum atomic E-state index is 12.2. The highest BCUT2D eigenvalue weighted by molar-refractivity contribution is 5.87. The van der Waals surface area contributed by atoms with Crippen molar-refractivity contribution in [1.82, 2.24) is 5.32 Å². The van der Waals surface area contributed by atoms with Crippen molar-refractivity contribution in [2.45, 2.75) is 38.8 Å². The van der Waals surface area contributed by atoms with Crippen molar-refractivity contribution in [3.05, 3.63) is 83.9 Å². The fourth-order valence-corrected chi connectivity index (χ4v) is 2.76. The molecule has 0 saturated heterocycles. The van der Waals surface area contributed by atoms with E-state index in [2.05, 4.69) is 11.9 Å². The molecule has 2 aromatic carbocycles. The normalized spacial score (nSPS) is 11.3. The van der Waals surface area contributed by atoms with Crippen LogP contribution in [0.2, 0.25) is 0 Å². The number of esters is 1. The minimum Gasteiger partial charge on any atom is -0.463 e. The first-order chi connectivity index (χ1) is 13.6. The molecular formula is C23H27NO4. The Bertz CT molecular complexity index is 759. The zero-order chi connectivity index (χ0) is 20.2. The summed E-state index contributed by atoms with van der Waals surface area (Å²) in [5.41, 5.74) is 2.41. The monoisotopic (exact) mass is 381 g/mol. The van der Waals surface area contributed by atoms with Crippen molar-refractivity contribution in [3.8, 4) is 0 Å². The number of aryl methyl sites for hydroxylation is 1. The van der Waals surface area contributed by atoms with Gasteiger partial charge in [0, 0.05) is 11.6 Å². The van der Waals surface area contributed by atoms with Crippen LogP contribution in [-0.2, 0) is 27.3 Å². The molecule has 148 valence electrons. The molecule has 0 aliphatic carbocycles. The molecule has 2 rings (SSSR count). The Balaban J connectivity index is 1.92. The molecule has 0 aliphatic heterocycles. The van der Waals surface area contributed by atoms with E-state index in [0.29, 0.717) is 25.0 Å².